The Labute approximate surface area is 179 Å². The third kappa shape index (κ3) is 6.77. The summed E-state index contributed by atoms with van der Waals surface area (Å²) in [6.45, 7) is 4.20. The summed E-state index contributed by atoms with van der Waals surface area (Å²) in [6, 6.07) is 13.8. The highest BCUT2D eigenvalue weighted by molar-refractivity contribution is 5.83. The van der Waals surface area contributed by atoms with Crippen LogP contribution in [0.4, 0.5) is 4.39 Å². The Hall–Kier alpha value is -3.49. The third-order valence-electron chi connectivity index (χ3n) is 4.69. The summed E-state index contributed by atoms with van der Waals surface area (Å²) in [7, 11) is 0. The molecule has 2 rings (SSSR count). The molecule has 0 aliphatic carbocycles. The van der Waals surface area contributed by atoms with Gasteiger partial charge >= 0.3 is 11.1 Å². The Bertz CT molecular complexity index is 933. The van der Waals surface area contributed by atoms with Gasteiger partial charge in [0.05, 0.1) is 12.5 Å². The van der Waals surface area contributed by atoms with Crippen molar-refractivity contribution >= 4 is 11.9 Å². The fraction of sp³-hybridized carbons (Fsp3) is 0.364. The number of amides is 1. The zero-order chi connectivity index (χ0) is 23.0. The minimum atomic E-state index is -1.17. The first-order chi connectivity index (χ1) is 14.6. The van der Waals surface area contributed by atoms with E-state index in [0.717, 1.165) is 5.56 Å². The fourth-order valence-corrected chi connectivity index (χ4v) is 2.75. The van der Waals surface area contributed by atoms with Gasteiger partial charge in [0.15, 0.2) is 6.61 Å². The summed E-state index contributed by atoms with van der Waals surface area (Å²) in [5.41, 5.74) is 0.564. The first-order valence-electron chi connectivity index (χ1n) is 9.70. The standard InChI is InChI=1S/C22H25FN2O6/c1-15(17-9-10-18(19(23)13-17)16-7-5-4-6-8-16)20(26)24-11-12-30-21(27)22(2,3)14-31-25(28)29/h4-10,13,15H,11-12,14H2,1-3H3,(H-,24,26,28,29)/p+1. The van der Waals surface area contributed by atoms with E-state index in [-0.39, 0.29) is 25.7 Å². The topological polar surface area (TPSA) is 105 Å². The van der Waals surface area contributed by atoms with Crippen molar-refractivity contribution in [1.82, 2.24) is 5.32 Å². The number of carbonyl (C=O) groups excluding carboxylic acids is 2. The lowest BCUT2D eigenvalue weighted by atomic mass is 9.95. The lowest BCUT2D eigenvalue weighted by Gasteiger charge is -2.19. The molecule has 0 spiro atoms. The van der Waals surface area contributed by atoms with E-state index in [2.05, 4.69) is 10.2 Å². The maximum Gasteiger partial charge on any atom is 0.475 e. The molecule has 31 heavy (non-hydrogen) atoms. The Kier molecular flexibility index (Phi) is 8.07. The number of hydrogen-bond donors (Lipinski definition) is 2. The van der Waals surface area contributed by atoms with Crippen molar-refractivity contribution in [1.29, 1.82) is 0 Å². The molecule has 9 heteroatoms. The number of carbonyl (C=O) groups is 2. The predicted molar refractivity (Wildman–Crippen MR) is 109 cm³/mol. The fourth-order valence-electron chi connectivity index (χ4n) is 2.75. The number of halogens is 1. The zero-order valence-corrected chi connectivity index (χ0v) is 17.6. The van der Waals surface area contributed by atoms with Crippen molar-refractivity contribution in [2.24, 2.45) is 5.41 Å². The van der Waals surface area contributed by atoms with Crippen LogP contribution in [0.15, 0.2) is 48.5 Å². The van der Waals surface area contributed by atoms with Crippen molar-refractivity contribution in [2.75, 3.05) is 19.8 Å². The van der Waals surface area contributed by atoms with Gasteiger partial charge in [0, 0.05) is 5.56 Å². The van der Waals surface area contributed by atoms with Crippen LogP contribution in [0.3, 0.4) is 0 Å². The van der Waals surface area contributed by atoms with Crippen LogP contribution in [0.2, 0.25) is 0 Å². The number of benzene rings is 2. The van der Waals surface area contributed by atoms with Gasteiger partial charge in [-0.3, -0.25) is 9.59 Å². The number of hydrogen-bond acceptors (Lipinski definition) is 5. The lowest BCUT2D eigenvalue weighted by Crippen LogP contribution is -2.36. The highest BCUT2D eigenvalue weighted by atomic mass is 19.1. The van der Waals surface area contributed by atoms with Gasteiger partial charge in [-0.1, -0.05) is 42.5 Å². The molecule has 2 aromatic rings. The normalized spacial score (nSPS) is 12.0. The van der Waals surface area contributed by atoms with E-state index in [9.17, 15) is 18.9 Å². The second-order valence-electron chi connectivity index (χ2n) is 7.65. The smallest absolute Gasteiger partial charge is 0.463 e. The van der Waals surface area contributed by atoms with Gasteiger partial charge in [-0.25, -0.2) is 9.60 Å². The molecule has 0 radical (unpaired) electrons. The van der Waals surface area contributed by atoms with Crippen LogP contribution >= 0.6 is 0 Å². The molecule has 0 saturated carbocycles. The van der Waals surface area contributed by atoms with Crippen LogP contribution in [0.25, 0.3) is 11.1 Å². The summed E-state index contributed by atoms with van der Waals surface area (Å²) < 4.78 is 19.6. The summed E-state index contributed by atoms with van der Waals surface area (Å²) in [4.78, 5) is 39.1. The largest absolute Gasteiger partial charge is 0.475 e. The molecule has 0 heterocycles. The van der Waals surface area contributed by atoms with E-state index < -0.39 is 28.2 Å². The molecule has 0 aliphatic rings. The Balaban J connectivity index is 1.85. The quantitative estimate of drug-likeness (QED) is 0.338. The monoisotopic (exact) mass is 433 g/mol. The van der Waals surface area contributed by atoms with E-state index >= 15 is 0 Å². The molecule has 2 aromatic carbocycles. The lowest BCUT2D eigenvalue weighted by molar-refractivity contribution is -0.976. The average Bonchev–Trinajstić information content (AvgIpc) is 2.75. The molecule has 1 unspecified atom stereocenters. The minimum absolute atomic E-state index is 0.0596. The Morgan fingerprint density at radius 1 is 1.19 bits per heavy atom. The first kappa shape index (κ1) is 23.8. The molecular formula is C22H26FN2O6+. The minimum Gasteiger partial charge on any atom is -0.463 e. The van der Waals surface area contributed by atoms with E-state index in [4.69, 9.17) is 9.94 Å². The number of rotatable bonds is 10. The van der Waals surface area contributed by atoms with Crippen LogP contribution in [0.1, 0.15) is 32.3 Å². The summed E-state index contributed by atoms with van der Waals surface area (Å²) >= 11 is 0. The van der Waals surface area contributed by atoms with Gasteiger partial charge in [0.1, 0.15) is 22.7 Å². The number of ether oxygens (including phenoxy) is 1. The van der Waals surface area contributed by atoms with Gasteiger partial charge < -0.3 is 10.1 Å². The molecule has 0 aliphatic heterocycles. The average molecular weight is 433 g/mol. The van der Waals surface area contributed by atoms with Gasteiger partial charge in [0.2, 0.25) is 5.91 Å². The van der Waals surface area contributed by atoms with Crippen molar-refractivity contribution in [3.63, 3.8) is 0 Å². The van der Waals surface area contributed by atoms with E-state index in [1.807, 2.05) is 30.3 Å². The zero-order valence-electron chi connectivity index (χ0n) is 17.6. The molecule has 0 aromatic heterocycles. The Morgan fingerprint density at radius 2 is 1.87 bits per heavy atom. The van der Waals surface area contributed by atoms with Crippen LogP contribution < -0.4 is 5.32 Å². The maximum absolute atomic E-state index is 14.5. The molecule has 0 bridgehead atoms. The van der Waals surface area contributed by atoms with Crippen LogP contribution in [0, 0.1) is 16.1 Å². The van der Waals surface area contributed by atoms with Gasteiger partial charge in [0.25, 0.3) is 0 Å². The SMILES string of the molecule is CC(C(=O)NCCOC(=O)C(C)(C)CO[N+](=O)O)c1ccc(-c2ccccc2)c(F)c1. The summed E-state index contributed by atoms with van der Waals surface area (Å²) in [5.74, 6) is -2.02. The molecular weight excluding hydrogens is 407 g/mol. The molecule has 1 atom stereocenters. The van der Waals surface area contributed by atoms with E-state index in [1.165, 1.54) is 19.9 Å². The molecule has 0 fully saturated rings. The van der Waals surface area contributed by atoms with Gasteiger partial charge in [-0.15, -0.1) is 0 Å². The summed E-state index contributed by atoms with van der Waals surface area (Å²) in [6.07, 6.45) is 0. The highest BCUT2D eigenvalue weighted by Gasteiger charge is 2.33. The van der Waals surface area contributed by atoms with Gasteiger partial charge in [-0.2, -0.15) is 4.84 Å². The number of esters is 1. The molecule has 0 saturated heterocycles. The maximum atomic E-state index is 14.5. The van der Waals surface area contributed by atoms with E-state index in [0.29, 0.717) is 11.1 Å². The second-order valence-corrected chi connectivity index (χ2v) is 7.65. The van der Waals surface area contributed by atoms with E-state index in [1.54, 1.807) is 19.1 Å². The van der Waals surface area contributed by atoms with Crippen molar-refractivity contribution in [2.45, 2.75) is 26.7 Å². The number of nitrogens with one attached hydrogen (secondary N) is 1. The highest BCUT2D eigenvalue weighted by Crippen LogP contribution is 2.26. The predicted octanol–water partition coefficient (Wildman–Crippen LogP) is 3.38. The van der Waals surface area contributed by atoms with Gasteiger partial charge in [-0.05, 0) is 38.0 Å². The van der Waals surface area contributed by atoms with Crippen molar-refractivity contribution < 1.29 is 33.8 Å². The third-order valence-corrected chi connectivity index (χ3v) is 4.69. The van der Waals surface area contributed by atoms with Crippen LogP contribution in [-0.2, 0) is 19.2 Å². The molecule has 166 valence electrons. The van der Waals surface area contributed by atoms with Crippen molar-refractivity contribution in [3.8, 4) is 11.1 Å². The molecule has 2 N–H and O–H groups in total. The van der Waals surface area contributed by atoms with Crippen molar-refractivity contribution in [3.05, 3.63) is 64.8 Å². The Morgan fingerprint density at radius 3 is 2.48 bits per heavy atom. The summed E-state index contributed by atoms with van der Waals surface area (Å²) in [5, 5.41) is 10.3. The van der Waals surface area contributed by atoms with Crippen LogP contribution in [-0.4, -0.2) is 41.9 Å². The molecule has 1 amide bonds. The first-order valence-corrected chi connectivity index (χ1v) is 9.70. The van der Waals surface area contributed by atoms with Crippen LogP contribution in [0.5, 0.6) is 0 Å². The molecule has 8 nitrogen and oxygen atoms in total. The second kappa shape index (κ2) is 10.5. The number of nitrogens with zero attached hydrogens (tertiary/aromatic N) is 1.